The number of nitrogens with zero attached hydrogens (tertiary/aromatic N) is 4. The molecular weight excluding hydrogens is 390 g/mol. The summed E-state index contributed by atoms with van der Waals surface area (Å²) >= 11 is 1.25. The van der Waals surface area contributed by atoms with Gasteiger partial charge < -0.3 is 5.32 Å². The van der Waals surface area contributed by atoms with Crippen molar-refractivity contribution in [3.05, 3.63) is 70.0 Å². The highest BCUT2D eigenvalue weighted by molar-refractivity contribution is 7.99. The van der Waals surface area contributed by atoms with Gasteiger partial charge in [-0.25, -0.2) is 0 Å². The summed E-state index contributed by atoms with van der Waals surface area (Å²) < 4.78 is 1.82. The number of aromatic nitrogens is 3. The third-order valence-corrected chi connectivity index (χ3v) is 5.41. The maximum Gasteiger partial charge on any atom is 0.274 e. The smallest absolute Gasteiger partial charge is 0.274 e. The van der Waals surface area contributed by atoms with Crippen molar-refractivity contribution in [2.45, 2.75) is 31.8 Å². The molecule has 8 nitrogen and oxygen atoms in total. The lowest BCUT2D eigenvalue weighted by Crippen LogP contribution is -2.15. The molecule has 1 amide bonds. The number of amides is 1. The van der Waals surface area contributed by atoms with Crippen molar-refractivity contribution in [3.63, 3.8) is 0 Å². The van der Waals surface area contributed by atoms with E-state index in [1.54, 1.807) is 25.4 Å². The van der Waals surface area contributed by atoms with Crippen LogP contribution in [0.5, 0.6) is 0 Å². The highest BCUT2D eigenvalue weighted by Gasteiger charge is 2.16. The summed E-state index contributed by atoms with van der Waals surface area (Å²) in [5.41, 5.74) is 2.97. The van der Waals surface area contributed by atoms with Gasteiger partial charge in [0.15, 0.2) is 5.16 Å². The van der Waals surface area contributed by atoms with Crippen LogP contribution in [0.15, 0.2) is 53.9 Å². The van der Waals surface area contributed by atoms with Gasteiger partial charge in [-0.1, -0.05) is 43.8 Å². The van der Waals surface area contributed by atoms with Crippen molar-refractivity contribution >= 4 is 29.0 Å². The van der Waals surface area contributed by atoms with Crippen LogP contribution in [0.4, 0.5) is 11.4 Å². The van der Waals surface area contributed by atoms with Crippen LogP contribution in [0.1, 0.15) is 30.9 Å². The number of nitrogens with one attached hydrogen (secondary N) is 1. The van der Waals surface area contributed by atoms with Crippen molar-refractivity contribution in [2.75, 3.05) is 11.1 Å². The van der Waals surface area contributed by atoms with Gasteiger partial charge in [-0.15, -0.1) is 10.2 Å². The number of nitro groups is 1. The first-order valence-corrected chi connectivity index (χ1v) is 10.0. The number of carbonyl (C=O) groups is 1. The number of hydrogen-bond donors (Lipinski definition) is 1. The fourth-order valence-electron chi connectivity index (χ4n) is 2.79. The van der Waals surface area contributed by atoms with E-state index in [2.05, 4.69) is 41.5 Å². The Labute approximate surface area is 172 Å². The molecule has 1 aromatic heterocycles. The van der Waals surface area contributed by atoms with Crippen LogP contribution >= 0.6 is 11.8 Å². The van der Waals surface area contributed by atoms with E-state index in [9.17, 15) is 14.9 Å². The molecule has 0 bridgehead atoms. The fourth-order valence-corrected chi connectivity index (χ4v) is 3.52. The quantitative estimate of drug-likeness (QED) is 0.352. The minimum Gasteiger partial charge on any atom is -0.325 e. The molecule has 0 radical (unpaired) electrons. The Morgan fingerprint density at radius 3 is 2.62 bits per heavy atom. The standard InChI is InChI=1S/C20H21N5O3S/c1-13(2)15-7-9-16(10-8-15)24-12-21-23-20(24)29-11-19(26)22-17-5-4-6-18(14(17)3)25(27)28/h4-10,12-13H,11H2,1-3H3,(H,22,26). The fraction of sp³-hybridized carbons (Fsp3) is 0.250. The highest BCUT2D eigenvalue weighted by atomic mass is 32.2. The predicted molar refractivity (Wildman–Crippen MR) is 113 cm³/mol. The van der Waals surface area contributed by atoms with Gasteiger partial charge in [-0.05, 0) is 36.6 Å². The van der Waals surface area contributed by atoms with E-state index in [0.29, 0.717) is 22.3 Å². The van der Waals surface area contributed by atoms with Crippen molar-refractivity contribution in [1.29, 1.82) is 0 Å². The van der Waals surface area contributed by atoms with E-state index < -0.39 is 4.92 Å². The maximum absolute atomic E-state index is 12.3. The van der Waals surface area contributed by atoms with Crippen LogP contribution in [0.2, 0.25) is 0 Å². The van der Waals surface area contributed by atoms with E-state index in [1.807, 2.05) is 16.7 Å². The molecule has 1 heterocycles. The SMILES string of the molecule is Cc1c(NC(=O)CSc2nncn2-c2ccc(C(C)C)cc2)cccc1[N+](=O)[O-]. The third-order valence-electron chi connectivity index (χ3n) is 4.46. The van der Waals surface area contributed by atoms with Crippen LogP contribution < -0.4 is 5.32 Å². The van der Waals surface area contributed by atoms with Gasteiger partial charge in [0.05, 0.1) is 21.9 Å². The molecule has 1 N–H and O–H groups in total. The number of hydrogen-bond acceptors (Lipinski definition) is 6. The van der Waals surface area contributed by atoms with Gasteiger partial charge in [-0.3, -0.25) is 19.5 Å². The van der Waals surface area contributed by atoms with Gasteiger partial charge in [0.1, 0.15) is 6.33 Å². The topological polar surface area (TPSA) is 103 Å². The van der Waals surface area contributed by atoms with E-state index >= 15 is 0 Å². The largest absolute Gasteiger partial charge is 0.325 e. The first-order valence-electron chi connectivity index (χ1n) is 9.04. The first-order chi connectivity index (χ1) is 13.9. The molecule has 0 aliphatic rings. The lowest BCUT2D eigenvalue weighted by atomic mass is 10.0. The summed E-state index contributed by atoms with van der Waals surface area (Å²) in [7, 11) is 0. The molecule has 0 saturated carbocycles. The predicted octanol–water partition coefficient (Wildman–Crippen LogP) is 4.34. The number of nitro benzene ring substituents is 1. The second-order valence-corrected chi connectivity index (χ2v) is 7.72. The Hall–Kier alpha value is -3.20. The molecule has 29 heavy (non-hydrogen) atoms. The van der Waals surface area contributed by atoms with E-state index in [0.717, 1.165) is 5.69 Å². The minimum absolute atomic E-state index is 0.0277. The minimum atomic E-state index is -0.466. The molecule has 0 unspecified atom stereocenters. The zero-order valence-electron chi connectivity index (χ0n) is 16.3. The monoisotopic (exact) mass is 411 g/mol. The van der Waals surface area contributed by atoms with Crippen LogP contribution in [-0.2, 0) is 4.79 Å². The van der Waals surface area contributed by atoms with E-state index in [-0.39, 0.29) is 17.3 Å². The first kappa shape index (κ1) is 20.5. The van der Waals surface area contributed by atoms with Crippen LogP contribution in [0, 0.1) is 17.0 Å². The number of benzene rings is 2. The van der Waals surface area contributed by atoms with Gasteiger partial charge in [0.25, 0.3) is 5.69 Å². The summed E-state index contributed by atoms with van der Waals surface area (Å²) in [5, 5.41) is 22.4. The van der Waals surface area contributed by atoms with Gasteiger partial charge in [-0.2, -0.15) is 0 Å². The van der Waals surface area contributed by atoms with Gasteiger partial charge in [0, 0.05) is 11.8 Å². The number of anilines is 1. The van der Waals surface area contributed by atoms with Crippen LogP contribution in [-0.4, -0.2) is 31.3 Å². The summed E-state index contributed by atoms with van der Waals surface area (Å²) in [5.74, 6) is 0.272. The Bertz CT molecular complexity index is 1030. The Morgan fingerprint density at radius 2 is 1.97 bits per heavy atom. The van der Waals surface area contributed by atoms with Gasteiger partial charge >= 0.3 is 0 Å². The van der Waals surface area contributed by atoms with Gasteiger partial charge in [0.2, 0.25) is 5.91 Å². The molecular formula is C20H21N5O3S. The van der Waals surface area contributed by atoms with Crippen molar-refractivity contribution in [1.82, 2.24) is 14.8 Å². The number of carbonyl (C=O) groups excluding carboxylic acids is 1. The third kappa shape index (κ3) is 4.80. The second-order valence-electron chi connectivity index (χ2n) is 6.77. The molecule has 0 saturated heterocycles. The second kappa shape index (κ2) is 8.87. The van der Waals surface area contributed by atoms with Crippen LogP contribution in [0.3, 0.4) is 0 Å². The average Bonchev–Trinajstić information content (AvgIpc) is 3.16. The Kier molecular flexibility index (Phi) is 6.28. The van der Waals surface area contributed by atoms with Crippen molar-refractivity contribution < 1.29 is 9.72 Å². The zero-order chi connectivity index (χ0) is 21.0. The Morgan fingerprint density at radius 1 is 1.24 bits per heavy atom. The van der Waals surface area contributed by atoms with Crippen molar-refractivity contribution in [3.8, 4) is 5.69 Å². The van der Waals surface area contributed by atoms with E-state index in [4.69, 9.17) is 0 Å². The molecule has 0 aliphatic heterocycles. The molecule has 0 aliphatic carbocycles. The summed E-state index contributed by atoms with van der Waals surface area (Å²) in [6.07, 6.45) is 1.61. The molecule has 150 valence electrons. The Balaban J connectivity index is 1.67. The molecule has 3 aromatic rings. The summed E-state index contributed by atoms with van der Waals surface area (Å²) in [4.78, 5) is 22.9. The maximum atomic E-state index is 12.3. The summed E-state index contributed by atoms with van der Waals surface area (Å²) in [6.45, 7) is 5.88. The molecule has 0 atom stereocenters. The van der Waals surface area contributed by atoms with E-state index in [1.165, 1.54) is 23.4 Å². The number of thioether (sulfide) groups is 1. The molecule has 3 rings (SSSR count). The highest BCUT2D eigenvalue weighted by Crippen LogP contribution is 2.26. The zero-order valence-corrected chi connectivity index (χ0v) is 17.1. The number of rotatable bonds is 7. The molecule has 0 spiro atoms. The molecule has 2 aromatic carbocycles. The molecule has 9 heteroatoms. The van der Waals surface area contributed by atoms with Crippen molar-refractivity contribution in [2.24, 2.45) is 0 Å². The van der Waals surface area contributed by atoms with Crippen LogP contribution in [0.25, 0.3) is 5.69 Å². The lowest BCUT2D eigenvalue weighted by Gasteiger charge is -2.10. The lowest BCUT2D eigenvalue weighted by molar-refractivity contribution is -0.385. The normalized spacial score (nSPS) is 10.9. The average molecular weight is 411 g/mol. The summed E-state index contributed by atoms with van der Waals surface area (Å²) in [6, 6.07) is 12.7. The molecule has 0 fully saturated rings.